The second-order valence-corrected chi connectivity index (χ2v) is 6.01. The number of aliphatic carboxylic acids is 1. The Kier molecular flexibility index (Phi) is 7.75. The van der Waals surface area contributed by atoms with E-state index in [2.05, 4.69) is 35.1 Å². The molecule has 0 bridgehead atoms. The van der Waals surface area contributed by atoms with Gasteiger partial charge in [0, 0.05) is 16.1 Å². The number of rotatable bonds is 9. The Hall–Kier alpha value is -1.07. The molecule has 0 aliphatic rings. The van der Waals surface area contributed by atoms with Crippen LogP contribution in [0.3, 0.4) is 0 Å². The van der Waals surface area contributed by atoms with Crippen molar-refractivity contribution in [2.45, 2.75) is 52.2 Å². The quantitative estimate of drug-likeness (QED) is 0.697. The molecule has 118 valence electrons. The molecule has 0 aromatic heterocycles. The van der Waals surface area contributed by atoms with Crippen molar-refractivity contribution in [1.29, 1.82) is 0 Å². The molecule has 0 heterocycles. The molecule has 0 spiro atoms. The van der Waals surface area contributed by atoms with Gasteiger partial charge in [-0.25, -0.2) is 4.79 Å². The van der Waals surface area contributed by atoms with Crippen molar-refractivity contribution in [3.8, 4) is 5.75 Å². The summed E-state index contributed by atoms with van der Waals surface area (Å²) in [6.07, 6.45) is 1.51. The lowest BCUT2D eigenvalue weighted by Crippen LogP contribution is -2.28. The molecule has 0 saturated carbocycles. The molecule has 1 rings (SSSR count). The van der Waals surface area contributed by atoms with Crippen LogP contribution in [0.15, 0.2) is 22.7 Å². The molecule has 0 radical (unpaired) electrons. The van der Waals surface area contributed by atoms with Crippen LogP contribution in [0.4, 0.5) is 0 Å². The van der Waals surface area contributed by atoms with Gasteiger partial charge in [-0.2, -0.15) is 0 Å². The average molecular weight is 358 g/mol. The molecule has 1 aromatic carbocycles. The lowest BCUT2D eigenvalue weighted by atomic mass is 10.1. The van der Waals surface area contributed by atoms with E-state index in [0.29, 0.717) is 12.2 Å². The van der Waals surface area contributed by atoms with Crippen molar-refractivity contribution in [2.24, 2.45) is 0 Å². The minimum Gasteiger partial charge on any atom is -0.479 e. The van der Waals surface area contributed by atoms with Crippen molar-refractivity contribution in [2.75, 3.05) is 6.54 Å². The number of carboxylic acids is 1. The number of halogens is 1. The predicted octanol–water partition coefficient (Wildman–Crippen LogP) is 4.14. The molecular weight excluding hydrogens is 334 g/mol. The first-order chi connectivity index (χ1) is 9.99. The summed E-state index contributed by atoms with van der Waals surface area (Å²) in [5, 5.41) is 12.7. The number of nitrogens with one attached hydrogen (secondary N) is 1. The van der Waals surface area contributed by atoms with Gasteiger partial charge in [-0.3, -0.25) is 0 Å². The van der Waals surface area contributed by atoms with Crippen LogP contribution in [0.5, 0.6) is 5.75 Å². The van der Waals surface area contributed by atoms with Gasteiger partial charge < -0.3 is 15.2 Å². The fraction of sp³-hybridized carbons (Fsp3) is 0.562. The molecular formula is C16H24BrNO3. The maximum Gasteiger partial charge on any atom is 0.344 e. The van der Waals surface area contributed by atoms with Gasteiger partial charge in [0.05, 0.1) is 0 Å². The minimum atomic E-state index is -0.919. The molecule has 0 aliphatic carbocycles. The first kappa shape index (κ1) is 18.0. The van der Waals surface area contributed by atoms with Gasteiger partial charge in [0.15, 0.2) is 6.10 Å². The monoisotopic (exact) mass is 357 g/mol. The maximum absolute atomic E-state index is 11.3. The van der Waals surface area contributed by atoms with Crippen LogP contribution >= 0.6 is 15.9 Å². The number of carboxylic acid groups (broad SMARTS) is 1. The van der Waals surface area contributed by atoms with E-state index in [1.807, 2.05) is 25.1 Å². The van der Waals surface area contributed by atoms with E-state index in [1.165, 1.54) is 0 Å². The lowest BCUT2D eigenvalue weighted by molar-refractivity contribution is -0.145. The lowest BCUT2D eigenvalue weighted by Gasteiger charge is -2.21. The highest BCUT2D eigenvalue weighted by Gasteiger charge is 2.21. The summed E-state index contributed by atoms with van der Waals surface area (Å²) in [5.41, 5.74) is 0.981. The largest absolute Gasteiger partial charge is 0.479 e. The van der Waals surface area contributed by atoms with Crippen LogP contribution in [0, 0.1) is 0 Å². The van der Waals surface area contributed by atoms with Crippen molar-refractivity contribution < 1.29 is 14.6 Å². The molecule has 0 saturated heterocycles. The molecule has 2 atom stereocenters. The molecule has 5 heteroatoms. The van der Waals surface area contributed by atoms with Crippen LogP contribution in [0.2, 0.25) is 0 Å². The standard InChI is InChI=1S/C16H24BrNO3/c1-4-6-14(16(19)20)21-15-10-12(17)7-8-13(15)11(3)18-9-5-2/h7-8,10-11,14,18H,4-6,9H2,1-3H3,(H,19,20). The van der Waals surface area contributed by atoms with Gasteiger partial charge in [-0.15, -0.1) is 0 Å². The zero-order valence-corrected chi connectivity index (χ0v) is 14.4. The number of hydrogen-bond donors (Lipinski definition) is 2. The number of benzene rings is 1. The first-order valence-corrected chi connectivity index (χ1v) is 8.21. The Labute approximate surface area is 135 Å². The highest BCUT2D eigenvalue weighted by molar-refractivity contribution is 9.10. The highest BCUT2D eigenvalue weighted by atomic mass is 79.9. The van der Waals surface area contributed by atoms with E-state index in [0.717, 1.165) is 29.4 Å². The predicted molar refractivity (Wildman–Crippen MR) is 87.8 cm³/mol. The van der Waals surface area contributed by atoms with Gasteiger partial charge in [0.2, 0.25) is 0 Å². The zero-order valence-electron chi connectivity index (χ0n) is 12.9. The van der Waals surface area contributed by atoms with E-state index in [1.54, 1.807) is 0 Å². The smallest absolute Gasteiger partial charge is 0.344 e. The van der Waals surface area contributed by atoms with E-state index in [-0.39, 0.29) is 6.04 Å². The molecule has 21 heavy (non-hydrogen) atoms. The van der Waals surface area contributed by atoms with E-state index in [4.69, 9.17) is 4.74 Å². The Balaban J connectivity index is 2.97. The Bertz CT molecular complexity index is 465. The Morgan fingerprint density at radius 3 is 2.67 bits per heavy atom. The fourth-order valence-electron chi connectivity index (χ4n) is 2.09. The molecule has 4 nitrogen and oxygen atoms in total. The van der Waals surface area contributed by atoms with Crippen molar-refractivity contribution >= 4 is 21.9 Å². The second kappa shape index (κ2) is 9.05. The first-order valence-electron chi connectivity index (χ1n) is 7.41. The van der Waals surface area contributed by atoms with Crippen molar-refractivity contribution in [3.63, 3.8) is 0 Å². The third kappa shape index (κ3) is 5.67. The average Bonchev–Trinajstić information content (AvgIpc) is 2.44. The molecule has 2 unspecified atom stereocenters. The van der Waals surface area contributed by atoms with Gasteiger partial charge in [0.25, 0.3) is 0 Å². The topological polar surface area (TPSA) is 58.6 Å². The van der Waals surface area contributed by atoms with Gasteiger partial charge in [-0.05, 0) is 38.4 Å². The number of ether oxygens (including phenoxy) is 1. The van der Waals surface area contributed by atoms with Gasteiger partial charge >= 0.3 is 5.97 Å². The van der Waals surface area contributed by atoms with E-state index in [9.17, 15) is 9.90 Å². The van der Waals surface area contributed by atoms with Crippen LogP contribution in [-0.4, -0.2) is 23.7 Å². The third-order valence-electron chi connectivity index (χ3n) is 3.24. The summed E-state index contributed by atoms with van der Waals surface area (Å²) in [6, 6.07) is 5.87. The van der Waals surface area contributed by atoms with Crippen LogP contribution in [0.1, 0.15) is 51.6 Å². The molecule has 0 fully saturated rings. The Morgan fingerprint density at radius 1 is 1.38 bits per heavy atom. The minimum absolute atomic E-state index is 0.115. The second-order valence-electron chi connectivity index (χ2n) is 5.09. The summed E-state index contributed by atoms with van der Waals surface area (Å²) < 4.78 is 6.64. The number of carbonyl (C=O) groups is 1. The summed E-state index contributed by atoms with van der Waals surface area (Å²) >= 11 is 3.42. The highest BCUT2D eigenvalue weighted by Crippen LogP contribution is 2.30. The summed E-state index contributed by atoms with van der Waals surface area (Å²) in [5.74, 6) is -0.293. The van der Waals surface area contributed by atoms with Crippen molar-refractivity contribution in [3.05, 3.63) is 28.2 Å². The molecule has 2 N–H and O–H groups in total. The van der Waals surface area contributed by atoms with E-state index < -0.39 is 12.1 Å². The SMILES string of the molecule is CCCNC(C)c1ccc(Br)cc1OC(CCC)C(=O)O. The Morgan fingerprint density at radius 2 is 2.10 bits per heavy atom. The molecule has 1 aromatic rings. The maximum atomic E-state index is 11.3. The van der Waals surface area contributed by atoms with Crippen LogP contribution in [-0.2, 0) is 4.79 Å². The molecule has 0 amide bonds. The summed E-state index contributed by atoms with van der Waals surface area (Å²) in [4.78, 5) is 11.3. The van der Waals surface area contributed by atoms with Crippen LogP contribution in [0.25, 0.3) is 0 Å². The van der Waals surface area contributed by atoms with E-state index >= 15 is 0 Å². The van der Waals surface area contributed by atoms with Gasteiger partial charge in [0.1, 0.15) is 5.75 Å². The summed E-state index contributed by atoms with van der Waals surface area (Å²) in [7, 11) is 0. The van der Waals surface area contributed by atoms with Crippen molar-refractivity contribution in [1.82, 2.24) is 5.32 Å². The summed E-state index contributed by atoms with van der Waals surface area (Å²) in [6.45, 7) is 7.03. The van der Waals surface area contributed by atoms with Crippen LogP contribution < -0.4 is 10.1 Å². The number of hydrogen-bond acceptors (Lipinski definition) is 3. The normalized spacial score (nSPS) is 13.7. The fourth-order valence-corrected chi connectivity index (χ4v) is 2.43. The zero-order chi connectivity index (χ0) is 15.8. The molecule has 0 aliphatic heterocycles. The van der Waals surface area contributed by atoms with Gasteiger partial charge in [-0.1, -0.05) is 42.3 Å². The third-order valence-corrected chi connectivity index (χ3v) is 3.73.